The van der Waals surface area contributed by atoms with Gasteiger partial charge in [-0.05, 0) is 38.7 Å². The third-order valence-electron chi connectivity index (χ3n) is 3.17. The molecule has 0 bridgehead atoms. The van der Waals surface area contributed by atoms with Crippen molar-refractivity contribution < 1.29 is 14.2 Å². The number of allylic oxidation sites excluding steroid dienone is 4. The number of rotatable bonds is 4. The van der Waals surface area contributed by atoms with E-state index in [1.165, 1.54) is 3.58 Å². The van der Waals surface area contributed by atoms with Gasteiger partial charge in [0.25, 0.3) is 0 Å². The van der Waals surface area contributed by atoms with Gasteiger partial charge < -0.3 is 14.2 Å². The molecule has 102 valence electrons. The average molecular weight is 372 g/mol. The van der Waals surface area contributed by atoms with E-state index < -0.39 is 0 Å². The van der Waals surface area contributed by atoms with E-state index in [0.717, 1.165) is 23.5 Å². The molecule has 1 aliphatic rings. The van der Waals surface area contributed by atoms with E-state index in [-0.39, 0.29) is 0 Å². The molecule has 0 spiro atoms. The number of benzene rings is 1. The minimum absolute atomic E-state index is 0.312. The van der Waals surface area contributed by atoms with E-state index in [4.69, 9.17) is 14.2 Å². The minimum atomic E-state index is 0.312. The van der Waals surface area contributed by atoms with Crippen molar-refractivity contribution in [2.45, 2.75) is 12.3 Å². The van der Waals surface area contributed by atoms with Crippen LogP contribution in [0.15, 0.2) is 33.9 Å². The zero-order valence-corrected chi connectivity index (χ0v) is 13.4. The van der Waals surface area contributed by atoms with E-state index in [1.54, 1.807) is 21.3 Å². The van der Waals surface area contributed by atoms with Crippen molar-refractivity contribution in [1.29, 1.82) is 0 Å². The first-order valence-corrected chi connectivity index (χ1v) is 7.10. The molecule has 0 saturated carbocycles. The SMILES string of the molecule is COc1cc(OC)c(C2C=CC=C(I)C2)cc1OC. The van der Waals surface area contributed by atoms with E-state index in [2.05, 4.69) is 40.8 Å². The molecule has 3 nitrogen and oxygen atoms in total. The molecular formula is C15H17IO3. The molecule has 0 N–H and O–H groups in total. The summed E-state index contributed by atoms with van der Waals surface area (Å²) in [5.41, 5.74) is 1.12. The quantitative estimate of drug-likeness (QED) is 0.746. The highest BCUT2D eigenvalue weighted by molar-refractivity contribution is 14.1. The number of methoxy groups -OCH3 is 3. The molecule has 0 aliphatic heterocycles. The fourth-order valence-corrected chi connectivity index (χ4v) is 2.88. The summed E-state index contributed by atoms with van der Waals surface area (Å²) in [6, 6.07) is 3.88. The Balaban J connectivity index is 2.44. The topological polar surface area (TPSA) is 27.7 Å². The fraction of sp³-hybridized carbons (Fsp3) is 0.333. The lowest BCUT2D eigenvalue weighted by Gasteiger charge is -2.20. The molecule has 2 rings (SSSR count). The molecule has 0 amide bonds. The van der Waals surface area contributed by atoms with Crippen LogP contribution in [0.3, 0.4) is 0 Å². The summed E-state index contributed by atoms with van der Waals surface area (Å²) in [4.78, 5) is 0. The van der Waals surface area contributed by atoms with Gasteiger partial charge in [-0.15, -0.1) is 0 Å². The van der Waals surface area contributed by atoms with Crippen molar-refractivity contribution in [3.63, 3.8) is 0 Å². The third-order valence-corrected chi connectivity index (χ3v) is 3.97. The zero-order chi connectivity index (χ0) is 13.8. The van der Waals surface area contributed by atoms with Crippen LogP contribution >= 0.6 is 22.6 Å². The second-order valence-electron chi connectivity index (χ2n) is 4.26. The molecule has 4 heteroatoms. The molecule has 1 atom stereocenters. The molecule has 1 aliphatic carbocycles. The number of hydrogen-bond donors (Lipinski definition) is 0. The van der Waals surface area contributed by atoms with E-state index in [1.807, 2.05) is 12.1 Å². The molecule has 1 unspecified atom stereocenters. The summed E-state index contributed by atoms with van der Waals surface area (Å²) in [6.45, 7) is 0. The van der Waals surface area contributed by atoms with Gasteiger partial charge in [-0.2, -0.15) is 0 Å². The lowest BCUT2D eigenvalue weighted by Crippen LogP contribution is -2.03. The summed E-state index contributed by atoms with van der Waals surface area (Å²) in [7, 11) is 4.95. The van der Waals surface area contributed by atoms with Crippen LogP contribution in [0.4, 0.5) is 0 Å². The summed E-state index contributed by atoms with van der Waals surface area (Å²) in [5, 5.41) is 0. The average Bonchev–Trinajstić information content (AvgIpc) is 2.45. The first kappa shape index (κ1) is 14.2. The Morgan fingerprint density at radius 2 is 1.63 bits per heavy atom. The van der Waals surface area contributed by atoms with Crippen LogP contribution in [0, 0.1) is 0 Å². The van der Waals surface area contributed by atoms with Crippen LogP contribution in [0.1, 0.15) is 17.9 Å². The highest BCUT2D eigenvalue weighted by Crippen LogP contribution is 2.42. The van der Waals surface area contributed by atoms with Gasteiger partial charge in [0.1, 0.15) is 5.75 Å². The Labute approximate surface area is 127 Å². The molecular weight excluding hydrogens is 355 g/mol. The van der Waals surface area contributed by atoms with Gasteiger partial charge in [-0.1, -0.05) is 18.2 Å². The second-order valence-corrected chi connectivity index (χ2v) is 5.64. The van der Waals surface area contributed by atoms with E-state index >= 15 is 0 Å². The predicted octanol–water partition coefficient (Wildman–Crippen LogP) is 4.07. The molecule has 1 aromatic rings. The number of hydrogen-bond acceptors (Lipinski definition) is 3. The maximum absolute atomic E-state index is 5.48. The molecule has 0 fully saturated rings. The summed E-state index contributed by atoms with van der Waals surface area (Å²) >= 11 is 2.37. The normalized spacial score (nSPS) is 17.9. The smallest absolute Gasteiger partial charge is 0.164 e. The van der Waals surface area contributed by atoms with Gasteiger partial charge in [0.05, 0.1) is 21.3 Å². The van der Waals surface area contributed by atoms with Gasteiger partial charge in [-0.3, -0.25) is 0 Å². The molecule has 0 heterocycles. The lowest BCUT2D eigenvalue weighted by molar-refractivity contribution is 0.347. The molecule has 0 aromatic heterocycles. The van der Waals surface area contributed by atoms with Crippen LogP contribution in [0.5, 0.6) is 17.2 Å². The number of ether oxygens (including phenoxy) is 3. The van der Waals surface area contributed by atoms with Crippen molar-refractivity contribution in [1.82, 2.24) is 0 Å². The Kier molecular flexibility index (Phi) is 4.74. The summed E-state index contributed by atoms with van der Waals surface area (Å²) in [5.74, 6) is 2.56. The van der Waals surface area contributed by atoms with Gasteiger partial charge in [0, 0.05) is 17.5 Å². The van der Waals surface area contributed by atoms with E-state index in [9.17, 15) is 0 Å². The highest BCUT2D eigenvalue weighted by atomic mass is 127. The molecule has 1 aromatic carbocycles. The minimum Gasteiger partial charge on any atom is -0.496 e. The van der Waals surface area contributed by atoms with E-state index in [0.29, 0.717) is 11.7 Å². The predicted molar refractivity (Wildman–Crippen MR) is 84.7 cm³/mol. The Morgan fingerprint density at radius 3 is 2.21 bits per heavy atom. The summed E-state index contributed by atoms with van der Waals surface area (Å²) in [6.07, 6.45) is 7.39. The van der Waals surface area contributed by atoms with Gasteiger partial charge in [0.15, 0.2) is 11.5 Å². The standard InChI is InChI=1S/C15H17IO3/c1-17-13-9-15(19-3)14(18-2)8-12(13)10-5-4-6-11(16)7-10/h4-6,8-10H,7H2,1-3H3. The molecule has 19 heavy (non-hydrogen) atoms. The third kappa shape index (κ3) is 3.05. The Morgan fingerprint density at radius 1 is 1.00 bits per heavy atom. The monoisotopic (exact) mass is 372 g/mol. The van der Waals surface area contributed by atoms with Crippen molar-refractivity contribution >= 4 is 22.6 Å². The first-order valence-electron chi connectivity index (χ1n) is 6.02. The van der Waals surface area contributed by atoms with Crippen molar-refractivity contribution in [3.8, 4) is 17.2 Å². The maximum Gasteiger partial charge on any atom is 0.164 e. The van der Waals surface area contributed by atoms with Crippen LogP contribution in [-0.2, 0) is 0 Å². The van der Waals surface area contributed by atoms with Gasteiger partial charge >= 0.3 is 0 Å². The van der Waals surface area contributed by atoms with Gasteiger partial charge in [-0.25, -0.2) is 0 Å². The second kappa shape index (κ2) is 6.32. The Bertz CT molecular complexity index is 520. The van der Waals surface area contributed by atoms with Crippen molar-refractivity contribution in [2.75, 3.05) is 21.3 Å². The van der Waals surface area contributed by atoms with Gasteiger partial charge in [0.2, 0.25) is 0 Å². The maximum atomic E-state index is 5.48. The van der Waals surface area contributed by atoms with Crippen molar-refractivity contribution in [2.24, 2.45) is 0 Å². The zero-order valence-electron chi connectivity index (χ0n) is 11.3. The Hall–Kier alpha value is -1.17. The molecule has 0 radical (unpaired) electrons. The number of halogens is 1. The highest BCUT2D eigenvalue weighted by Gasteiger charge is 2.20. The lowest BCUT2D eigenvalue weighted by atomic mass is 9.91. The summed E-state index contributed by atoms with van der Waals surface area (Å²) < 4.78 is 17.5. The fourth-order valence-electron chi connectivity index (χ4n) is 2.20. The molecule has 0 saturated heterocycles. The van der Waals surface area contributed by atoms with Crippen molar-refractivity contribution in [3.05, 3.63) is 39.5 Å². The largest absolute Gasteiger partial charge is 0.496 e. The van der Waals surface area contributed by atoms with Crippen LogP contribution in [-0.4, -0.2) is 21.3 Å². The van der Waals surface area contributed by atoms with Crippen LogP contribution in [0.2, 0.25) is 0 Å². The van der Waals surface area contributed by atoms with Crippen LogP contribution in [0.25, 0.3) is 0 Å². The first-order chi connectivity index (χ1) is 9.19. The van der Waals surface area contributed by atoms with Crippen LogP contribution < -0.4 is 14.2 Å².